The van der Waals surface area contributed by atoms with Gasteiger partial charge in [0.05, 0.1) is 13.2 Å². The molecule has 0 rings (SSSR count). The second-order valence-corrected chi connectivity index (χ2v) is 2.98. The maximum atomic E-state index is 10.2. The smallest absolute Gasteiger partial charge is 0.435 e. The Morgan fingerprint density at radius 2 is 1.25 bits per heavy atom. The average molecular weight is 236 g/mol. The van der Waals surface area contributed by atoms with Gasteiger partial charge < -0.3 is 19.7 Å². The van der Waals surface area contributed by atoms with Gasteiger partial charge in [-0.15, -0.1) is 0 Å². The maximum Gasteiger partial charge on any atom is 0.508 e. The first-order chi connectivity index (χ1) is 7.72. The van der Waals surface area contributed by atoms with Gasteiger partial charge >= 0.3 is 6.16 Å². The molecule has 0 atom stereocenters. The topological polar surface area (TPSA) is 76.0 Å². The molecule has 0 aliphatic carbocycles. The fourth-order valence-electron chi connectivity index (χ4n) is 0.855. The van der Waals surface area contributed by atoms with Crippen molar-refractivity contribution in [3.8, 4) is 0 Å². The van der Waals surface area contributed by atoms with Crippen LogP contribution in [-0.4, -0.2) is 42.8 Å². The molecule has 0 radical (unpaired) electrons. The fourth-order valence-corrected chi connectivity index (χ4v) is 0.855. The van der Waals surface area contributed by atoms with Crippen LogP contribution in [0.3, 0.4) is 0 Å². The van der Waals surface area contributed by atoms with Gasteiger partial charge in [0.25, 0.3) is 0 Å². The minimum Gasteiger partial charge on any atom is -0.435 e. The lowest BCUT2D eigenvalue weighted by Crippen LogP contribution is -2.05. The summed E-state index contributed by atoms with van der Waals surface area (Å²) in [7, 11) is 0. The average Bonchev–Trinajstić information content (AvgIpc) is 2.26. The number of carbonyl (C=O) groups excluding carboxylic acids is 1. The standard InChI is InChI=1S/C6H14O2.C5H10O3/c7-5-3-1-2-4-6-8;1-3-7-5(6)8-4-2/h7-8H,1-6H2;3-4H2,1-2H3. The molecule has 2 N–H and O–H groups in total. The molecule has 0 heterocycles. The highest BCUT2D eigenvalue weighted by Gasteiger charge is 1.96. The van der Waals surface area contributed by atoms with Crippen LogP contribution in [-0.2, 0) is 9.47 Å². The van der Waals surface area contributed by atoms with Crippen LogP contribution in [0.25, 0.3) is 0 Å². The maximum absolute atomic E-state index is 10.2. The SMILES string of the molecule is CCOC(=O)OCC.OCCCCCCO. The van der Waals surface area contributed by atoms with Crippen molar-refractivity contribution in [2.45, 2.75) is 39.5 Å². The lowest BCUT2D eigenvalue weighted by atomic mass is 10.2. The quantitative estimate of drug-likeness (QED) is 0.520. The molecule has 0 aromatic heterocycles. The summed E-state index contributed by atoms with van der Waals surface area (Å²) in [5.74, 6) is 0. The predicted molar refractivity (Wildman–Crippen MR) is 61.3 cm³/mol. The molecule has 0 saturated heterocycles. The van der Waals surface area contributed by atoms with E-state index in [4.69, 9.17) is 10.2 Å². The molecular weight excluding hydrogens is 212 g/mol. The Bertz CT molecular complexity index is 124. The van der Waals surface area contributed by atoms with Crippen LogP contribution in [0, 0.1) is 0 Å². The molecule has 5 nitrogen and oxygen atoms in total. The van der Waals surface area contributed by atoms with Crippen molar-refractivity contribution >= 4 is 6.16 Å². The number of hydrogen-bond acceptors (Lipinski definition) is 5. The van der Waals surface area contributed by atoms with Crippen molar-refractivity contribution in [2.24, 2.45) is 0 Å². The molecule has 0 aromatic rings. The van der Waals surface area contributed by atoms with Gasteiger partial charge in [0.15, 0.2) is 0 Å². The fraction of sp³-hybridized carbons (Fsp3) is 0.909. The second kappa shape index (κ2) is 16.6. The van der Waals surface area contributed by atoms with Crippen LogP contribution in [0.5, 0.6) is 0 Å². The summed E-state index contributed by atoms with van der Waals surface area (Å²) < 4.78 is 8.84. The van der Waals surface area contributed by atoms with Crippen LogP contribution in [0.4, 0.5) is 4.79 Å². The predicted octanol–water partition coefficient (Wildman–Crippen LogP) is 1.71. The van der Waals surface area contributed by atoms with E-state index in [1.54, 1.807) is 13.8 Å². The Hall–Kier alpha value is -0.810. The number of hydrogen-bond donors (Lipinski definition) is 2. The number of ether oxygens (including phenoxy) is 2. The van der Waals surface area contributed by atoms with Gasteiger partial charge in [-0.05, 0) is 26.7 Å². The van der Waals surface area contributed by atoms with Crippen molar-refractivity contribution in [1.29, 1.82) is 0 Å². The van der Waals surface area contributed by atoms with E-state index in [0.29, 0.717) is 13.2 Å². The first-order valence-corrected chi connectivity index (χ1v) is 5.74. The van der Waals surface area contributed by atoms with E-state index < -0.39 is 6.16 Å². The van der Waals surface area contributed by atoms with Crippen molar-refractivity contribution < 1.29 is 24.5 Å². The zero-order valence-corrected chi connectivity index (χ0v) is 10.3. The highest BCUT2D eigenvalue weighted by Crippen LogP contribution is 1.96. The molecule has 0 fully saturated rings. The summed E-state index contributed by atoms with van der Waals surface area (Å²) in [6, 6.07) is 0. The third-order valence-corrected chi connectivity index (χ3v) is 1.59. The van der Waals surface area contributed by atoms with E-state index in [-0.39, 0.29) is 13.2 Å². The van der Waals surface area contributed by atoms with E-state index in [1.807, 2.05) is 0 Å². The summed E-state index contributed by atoms with van der Waals surface area (Å²) >= 11 is 0. The van der Waals surface area contributed by atoms with E-state index in [2.05, 4.69) is 9.47 Å². The van der Waals surface area contributed by atoms with E-state index in [1.165, 1.54) is 0 Å². The Balaban J connectivity index is 0. The highest BCUT2D eigenvalue weighted by atomic mass is 16.7. The van der Waals surface area contributed by atoms with Gasteiger partial charge in [0.2, 0.25) is 0 Å². The minimum atomic E-state index is -0.588. The van der Waals surface area contributed by atoms with Gasteiger partial charge in [0.1, 0.15) is 0 Å². The molecule has 0 saturated carbocycles. The Kier molecular flexibility index (Phi) is 18.3. The zero-order valence-electron chi connectivity index (χ0n) is 10.3. The van der Waals surface area contributed by atoms with Crippen LogP contribution in [0.1, 0.15) is 39.5 Å². The molecule has 0 unspecified atom stereocenters. The van der Waals surface area contributed by atoms with Crippen LogP contribution in [0.2, 0.25) is 0 Å². The number of aliphatic hydroxyl groups excluding tert-OH is 2. The summed E-state index contributed by atoms with van der Waals surface area (Å²) in [5, 5.41) is 16.6. The molecule has 0 spiro atoms. The summed E-state index contributed by atoms with van der Waals surface area (Å²) in [6.45, 7) is 4.78. The van der Waals surface area contributed by atoms with Crippen LogP contribution in [0.15, 0.2) is 0 Å². The van der Waals surface area contributed by atoms with Crippen molar-refractivity contribution in [3.05, 3.63) is 0 Å². The van der Waals surface area contributed by atoms with Crippen molar-refractivity contribution in [3.63, 3.8) is 0 Å². The lowest BCUT2D eigenvalue weighted by molar-refractivity contribution is 0.0630. The third kappa shape index (κ3) is 18.9. The minimum absolute atomic E-state index is 0.283. The molecule has 5 heteroatoms. The van der Waals surface area contributed by atoms with E-state index in [9.17, 15) is 4.79 Å². The number of unbranched alkanes of at least 4 members (excludes halogenated alkanes) is 3. The second-order valence-electron chi connectivity index (χ2n) is 2.98. The van der Waals surface area contributed by atoms with Crippen molar-refractivity contribution in [2.75, 3.05) is 26.4 Å². The lowest BCUT2D eigenvalue weighted by Gasteiger charge is -1.98. The Morgan fingerprint density at radius 3 is 1.50 bits per heavy atom. The van der Waals surface area contributed by atoms with Crippen molar-refractivity contribution in [1.82, 2.24) is 0 Å². The summed E-state index contributed by atoms with van der Waals surface area (Å²) in [5.41, 5.74) is 0. The number of rotatable bonds is 7. The largest absolute Gasteiger partial charge is 0.508 e. The monoisotopic (exact) mass is 236 g/mol. The van der Waals surface area contributed by atoms with Gasteiger partial charge in [-0.2, -0.15) is 0 Å². The molecule has 98 valence electrons. The van der Waals surface area contributed by atoms with Gasteiger partial charge in [-0.25, -0.2) is 4.79 Å². The third-order valence-electron chi connectivity index (χ3n) is 1.59. The molecule has 0 amide bonds. The van der Waals surface area contributed by atoms with Gasteiger partial charge in [-0.3, -0.25) is 0 Å². The first-order valence-electron chi connectivity index (χ1n) is 5.74. The molecule has 16 heavy (non-hydrogen) atoms. The Morgan fingerprint density at radius 1 is 0.875 bits per heavy atom. The van der Waals surface area contributed by atoms with E-state index in [0.717, 1.165) is 25.7 Å². The molecule has 0 bridgehead atoms. The Labute approximate surface area is 97.4 Å². The van der Waals surface area contributed by atoms with Crippen LogP contribution < -0.4 is 0 Å². The number of carbonyl (C=O) groups is 1. The highest BCUT2D eigenvalue weighted by molar-refractivity contribution is 5.59. The van der Waals surface area contributed by atoms with E-state index >= 15 is 0 Å². The zero-order chi connectivity index (χ0) is 12.6. The van der Waals surface area contributed by atoms with Gasteiger partial charge in [-0.1, -0.05) is 12.8 Å². The number of aliphatic hydroxyl groups is 2. The normalized spacial score (nSPS) is 9.00. The molecule has 0 aliphatic heterocycles. The van der Waals surface area contributed by atoms with Gasteiger partial charge in [0, 0.05) is 13.2 Å². The van der Waals surface area contributed by atoms with Crippen LogP contribution >= 0.6 is 0 Å². The molecule has 0 aliphatic rings. The summed E-state index contributed by atoms with van der Waals surface area (Å²) in [6.07, 6.45) is 3.24. The summed E-state index contributed by atoms with van der Waals surface area (Å²) in [4.78, 5) is 10.2. The molecule has 0 aromatic carbocycles. The molecular formula is C11H24O5. The first kappa shape index (κ1) is 17.6.